The van der Waals surface area contributed by atoms with E-state index in [0.29, 0.717) is 33.3 Å². The Labute approximate surface area is 234 Å². The average Bonchev–Trinajstić information content (AvgIpc) is 3.62. The highest BCUT2D eigenvalue weighted by Gasteiger charge is 2.40. The van der Waals surface area contributed by atoms with E-state index in [2.05, 4.69) is 36.9 Å². The number of H-pyrrole nitrogens is 1. The molecule has 0 saturated carbocycles. The van der Waals surface area contributed by atoms with E-state index in [0.717, 1.165) is 30.2 Å². The Balaban J connectivity index is 0.000000162. The molecule has 6 rings (SSSR count). The number of piperidine rings is 1. The second-order valence-electron chi connectivity index (χ2n) is 9.85. The molecule has 4 aromatic rings. The van der Waals surface area contributed by atoms with Crippen molar-refractivity contribution in [2.45, 2.75) is 59.8 Å². The lowest BCUT2D eigenvalue weighted by Gasteiger charge is -2.36. The lowest BCUT2D eigenvalue weighted by atomic mass is 9.98. The Hall–Kier alpha value is -3.88. The minimum atomic E-state index is -0.566. The van der Waals surface area contributed by atoms with Gasteiger partial charge in [0.1, 0.15) is 28.9 Å². The third-order valence-corrected chi connectivity index (χ3v) is 8.59. The number of esters is 1. The number of imidazole rings is 2. The topological polar surface area (TPSA) is 165 Å². The van der Waals surface area contributed by atoms with Crippen LogP contribution < -0.4 is 0 Å². The first-order valence-corrected chi connectivity index (χ1v) is 13.7. The largest absolute Gasteiger partial charge is 0.462 e. The van der Waals surface area contributed by atoms with Gasteiger partial charge >= 0.3 is 11.8 Å². The van der Waals surface area contributed by atoms with Crippen molar-refractivity contribution in [1.29, 1.82) is 0 Å². The van der Waals surface area contributed by atoms with Crippen molar-refractivity contribution in [3.05, 3.63) is 65.0 Å². The quantitative estimate of drug-likeness (QED) is 0.146. The van der Waals surface area contributed by atoms with E-state index in [9.17, 15) is 20.0 Å². The number of hydrogen-bond donors (Lipinski definition) is 2. The zero-order valence-electron chi connectivity index (χ0n) is 22.1. The van der Waals surface area contributed by atoms with Crippen molar-refractivity contribution in [2.24, 2.45) is 7.05 Å². The number of aryl methyl sites for hydroxylation is 1. The number of nitrogens with one attached hydrogen (secondary N) is 1. The van der Waals surface area contributed by atoms with Gasteiger partial charge in [-0.25, -0.2) is 15.0 Å². The fourth-order valence-corrected chi connectivity index (χ4v) is 6.21. The maximum atomic E-state index is 12.4. The highest BCUT2D eigenvalue weighted by Crippen LogP contribution is 2.36. The van der Waals surface area contributed by atoms with Gasteiger partial charge in [0.2, 0.25) is 6.33 Å². The predicted octanol–water partition coefficient (Wildman–Crippen LogP) is 3.08. The fraction of sp³-hybridized carbons (Fsp3) is 0.423. The number of benzene rings is 1. The lowest BCUT2D eigenvalue weighted by molar-refractivity contribution is -0.392. The average molecular weight is 567 g/mol. The van der Waals surface area contributed by atoms with Crippen LogP contribution in [-0.4, -0.2) is 82.2 Å². The summed E-state index contributed by atoms with van der Waals surface area (Å²) in [7, 11) is 3.86. The number of nitro groups is 1. The van der Waals surface area contributed by atoms with Crippen molar-refractivity contribution in [3.8, 4) is 0 Å². The number of ether oxygens (including phenoxy) is 1. The molecule has 2 aliphatic heterocycles. The van der Waals surface area contributed by atoms with Gasteiger partial charge in [0.25, 0.3) is 0 Å². The molecule has 2 unspecified atom stereocenters. The first-order chi connectivity index (χ1) is 19.4. The van der Waals surface area contributed by atoms with Crippen molar-refractivity contribution < 1.29 is 19.6 Å². The SMILES string of the molecule is CN1[C@@H]2CC[C@H]1CC(OC(=O)C(CO)c1ccccc1)C2.Cn1cnc([N+](=O)[O-])c1Sc1ncnc2nc[nH]c12. The van der Waals surface area contributed by atoms with Crippen LogP contribution in [0.25, 0.3) is 11.2 Å². The summed E-state index contributed by atoms with van der Waals surface area (Å²) in [5.74, 6) is -1.06. The minimum Gasteiger partial charge on any atom is -0.462 e. The van der Waals surface area contributed by atoms with Crippen LogP contribution in [0.3, 0.4) is 0 Å². The second-order valence-corrected chi connectivity index (χ2v) is 10.8. The molecule has 14 heteroatoms. The Kier molecular flexibility index (Phi) is 8.38. The van der Waals surface area contributed by atoms with E-state index in [-0.39, 0.29) is 24.5 Å². The Bertz CT molecular complexity index is 1460. The van der Waals surface area contributed by atoms with Crippen LogP contribution in [0.15, 0.2) is 59.4 Å². The third-order valence-electron chi connectivity index (χ3n) is 7.43. The summed E-state index contributed by atoms with van der Waals surface area (Å²) in [4.78, 5) is 43.9. The summed E-state index contributed by atoms with van der Waals surface area (Å²) >= 11 is 1.15. The molecular formula is C26H30N8O5S. The van der Waals surface area contributed by atoms with E-state index in [4.69, 9.17) is 4.74 Å². The number of fused-ring (bicyclic) bond motifs is 3. The molecule has 0 spiro atoms. The van der Waals surface area contributed by atoms with Gasteiger partial charge in [-0.15, -0.1) is 0 Å². The molecule has 2 N–H and O–H groups in total. The highest BCUT2D eigenvalue weighted by atomic mass is 32.2. The minimum absolute atomic E-state index is 0.00367. The zero-order valence-corrected chi connectivity index (χ0v) is 22.9. The van der Waals surface area contributed by atoms with Crippen LogP contribution in [-0.2, 0) is 16.6 Å². The monoisotopic (exact) mass is 566 g/mol. The van der Waals surface area contributed by atoms with Crippen LogP contribution in [0, 0.1) is 10.1 Å². The summed E-state index contributed by atoms with van der Waals surface area (Å²) in [5, 5.41) is 21.4. The molecule has 0 radical (unpaired) electrons. The van der Waals surface area contributed by atoms with Crippen LogP contribution in [0.5, 0.6) is 0 Å². The third kappa shape index (κ3) is 5.83. The van der Waals surface area contributed by atoms with Gasteiger partial charge < -0.3 is 34.4 Å². The Morgan fingerprint density at radius 3 is 2.58 bits per heavy atom. The number of carbonyl (C=O) groups excluding carboxylic acids is 1. The predicted molar refractivity (Wildman–Crippen MR) is 146 cm³/mol. The molecule has 5 heterocycles. The van der Waals surface area contributed by atoms with Gasteiger partial charge in [0, 0.05) is 19.1 Å². The van der Waals surface area contributed by atoms with Gasteiger partial charge in [0.05, 0.1) is 12.9 Å². The van der Waals surface area contributed by atoms with Gasteiger partial charge in [-0.2, -0.15) is 0 Å². The fourth-order valence-electron chi connectivity index (χ4n) is 5.27. The Morgan fingerprint density at radius 1 is 1.18 bits per heavy atom. The smallest absolute Gasteiger partial charge is 0.396 e. The normalized spacial score (nSPS) is 21.0. The number of aliphatic hydroxyl groups excluding tert-OH is 1. The number of hydrogen-bond acceptors (Lipinski definition) is 11. The van der Waals surface area contributed by atoms with Gasteiger partial charge in [0.15, 0.2) is 10.7 Å². The van der Waals surface area contributed by atoms with Gasteiger partial charge in [-0.05, 0) is 60.0 Å². The molecule has 13 nitrogen and oxygen atoms in total. The number of aromatic amines is 1. The van der Waals surface area contributed by atoms with Crippen LogP contribution in [0.1, 0.15) is 37.2 Å². The van der Waals surface area contributed by atoms with Crippen molar-refractivity contribution in [2.75, 3.05) is 13.7 Å². The molecule has 40 heavy (non-hydrogen) atoms. The van der Waals surface area contributed by atoms with Crippen molar-refractivity contribution >= 4 is 34.7 Å². The number of aliphatic hydroxyl groups is 1. The Morgan fingerprint density at radius 2 is 1.90 bits per heavy atom. The van der Waals surface area contributed by atoms with Crippen LogP contribution >= 0.6 is 11.8 Å². The van der Waals surface area contributed by atoms with Gasteiger partial charge in [-0.1, -0.05) is 30.3 Å². The van der Waals surface area contributed by atoms with E-state index >= 15 is 0 Å². The first-order valence-electron chi connectivity index (χ1n) is 12.9. The highest BCUT2D eigenvalue weighted by molar-refractivity contribution is 7.99. The molecule has 3 aromatic heterocycles. The number of aromatic nitrogens is 6. The molecule has 0 amide bonds. The zero-order chi connectivity index (χ0) is 28.2. The summed E-state index contributed by atoms with van der Waals surface area (Å²) in [6, 6.07) is 10.5. The van der Waals surface area contributed by atoms with E-state index in [1.54, 1.807) is 11.6 Å². The maximum absolute atomic E-state index is 12.4. The second kappa shape index (κ2) is 12.1. The summed E-state index contributed by atoms with van der Waals surface area (Å²) < 4.78 is 7.28. The molecule has 2 aliphatic rings. The van der Waals surface area contributed by atoms with E-state index in [1.165, 1.54) is 31.8 Å². The standard InChI is InChI=1S/C17H23NO3.C9H7N7O2S/c1-18-13-7-8-14(18)10-15(9-13)21-17(20)16(11-19)12-5-3-2-4-6-12;1-15-4-14-7(16(17)18)9(15)19-8-5-6(11-2-10-5)12-3-13-8/h2-6,13-16,19H,7-11H2,1H3;2-4H,1H3,(H,10,11,12,13)/t13-,14+,15?,16?;. The van der Waals surface area contributed by atoms with Crippen LogP contribution in [0.4, 0.5) is 5.82 Å². The summed E-state index contributed by atoms with van der Waals surface area (Å²) in [5.41, 5.74) is 1.98. The van der Waals surface area contributed by atoms with E-state index in [1.807, 2.05) is 30.3 Å². The summed E-state index contributed by atoms with van der Waals surface area (Å²) in [6.07, 6.45) is 8.52. The molecule has 210 valence electrons. The number of carbonyl (C=O) groups is 1. The van der Waals surface area contributed by atoms with Crippen LogP contribution in [0.2, 0.25) is 0 Å². The molecular weight excluding hydrogens is 536 g/mol. The first kappa shape index (κ1) is 27.7. The molecule has 2 saturated heterocycles. The molecule has 2 fully saturated rings. The van der Waals surface area contributed by atoms with E-state index < -0.39 is 10.8 Å². The number of rotatable bonds is 7. The molecule has 2 bridgehead atoms. The summed E-state index contributed by atoms with van der Waals surface area (Å²) in [6.45, 7) is -0.206. The maximum Gasteiger partial charge on any atom is 0.396 e. The van der Waals surface area contributed by atoms with Crippen molar-refractivity contribution in [3.63, 3.8) is 0 Å². The molecule has 0 aliphatic carbocycles. The lowest BCUT2D eigenvalue weighted by Crippen LogP contribution is -2.43. The van der Waals surface area contributed by atoms with Gasteiger partial charge in [-0.3, -0.25) is 4.79 Å². The number of nitrogens with zero attached hydrogens (tertiary/aromatic N) is 7. The van der Waals surface area contributed by atoms with Crippen molar-refractivity contribution in [1.82, 2.24) is 34.4 Å². The molecule has 1 aromatic carbocycles. The molecule has 4 atom stereocenters.